The largest absolute Gasteiger partial charge is 0.488 e. The van der Waals surface area contributed by atoms with Crippen molar-refractivity contribution in [3.63, 3.8) is 0 Å². The first kappa shape index (κ1) is 15.1. The SMILES string of the molecule is O=C(O)/C=C/c1ccccc1OCc1ccc(Cl)c(F)c1. The number of para-hydroxylation sites is 1. The Kier molecular flexibility index (Phi) is 4.95. The zero-order chi connectivity index (χ0) is 15.2. The molecule has 1 N–H and O–H groups in total. The van der Waals surface area contributed by atoms with Crippen LogP contribution in [0.3, 0.4) is 0 Å². The quantitative estimate of drug-likeness (QED) is 0.844. The monoisotopic (exact) mass is 306 g/mol. The van der Waals surface area contributed by atoms with Crippen LogP contribution in [0, 0.1) is 5.82 Å². The normalized spacial score (nSPS) is 10.8. The smallest absolute Gasteiger partial charge is 0.328 e. The van der Waals surface area contributed by atoms with E-state index in [4.69, 9.17) is 21.4 Å². The summed E-state index contributed by atoms with van der Waals surface area (Å²) in [4.78, 5) is 10.6. The topological polar surface area (TPSA) is 46.5 Å². The van der Waals surface area contributed by atoms with E-state index in [-0.39, 0.29) is 11.6 Å². The van der Waals surface area contributed by atoms with Crippen LogP contribution in [0.1, 0.15) is 11.1 Å². The molecule has 0 unspecified atom stereocenters. The number of benzene rings is 2. The van der Waals surface area contributed by atoms with Crippen molar-refractivity contribution in [2.45, 2.75) is 6.61 Å². The Morgan fingerprint density at radius 1 is 1.29 bits per heavy atom. The summed E-state index contributed by atoms with van der Waals surface area (Å²) in [5.41, 5.74) is 1.27. The van der Waals surface area contributed by atoms with Gasteiger partial charge in [0.2, 0.25) is 0 Å². The lowest BCUT2D eigenvalue weighted by atomic mass is 10.2. The Morgan fingerprint density at radius 3 is 2.76 bits per heavy atom. The van der Waals surface area contributed by atoms with Crippen molar-refractivity contribution < 1.29 is 19.0 Å². The van der Waals surface area contributed by atoms with Crippen LogP contribution in [-0.2, 0) is 11.4 Å². The molecule has 0 heterocycles. The van der Waals surface area contributed by atoms with Gasteiger partial charge in [-0.15, -0.1) is 0 Å². The zero-order valence-electron chi connectivity index (χ0n) is 10.9. The minimum atomic E-state index is -1.04. The Labute approximate surface area is 126 Å². The van der Waals surface area contributed by atoms with Gasteiger partial charge in [0.1, 0.15) is 18.2 Å². The molecule has 2 aromatic rings. The molecular weight excluding hydrogens is 295 g/mol. The number of hydrogen-bond donors (Lipinski definition) is 1. The van der Waals surface area contributed by atoms with E-state index in [1.165, 1.54) is 18.2 Å². The molecule has 0 bridgehead atoms. The molecule has 0 aliphatic heterocycles. The van der Waals surface area contributed by atoms with Crippen LogP contribution >= 0.6 is 11.6 Å². The van der Waals surface area contributed by atoms with E-state index in [2.05, 4.69) is 0 Å². The fourth-order valence-corrected chi connectivity index (χ4v) is 1.82. The van der Waals surface area contributed by atoms with Gasteiger partial charge in [-0.25, -0.2) is 9.18 Å². The molecule has 0 aliphatic carbocycles. The highest BCUT2D eigenvalue weighted by Crippen LogP contribution is 2.22. The van der Waals surface area contributed by atoms with Gasteiger partial charge >= 0.3 is 5.97 Å². The van der Waals surface area contributed by atoms with Gasteiger partial charge in [0.15, 0.2) is 0 Å². The van der Waals surface area contributed by atoms with Crippen molar-refractivity contribution in [1.82, 2.24) is 0 Å². The Morgan fingerprint density at radius 2 is 2.05 bits per heavy atom. The number of carboxylic acids is 1. The molecule has 2 aromatic carbocycles. The molecule has 0 radical (unpaired) electrons. The van der Waals surface area contributed by atoms with Gasteiger partial charge in [-0.1, -0.05) is 35.9 Å². The summed E-state index contributed by atoms with van der Waals surface area (Å²) in [6, 6.07) is 11.4. The van der Waals surface area contributed by atoms with E-state index < -0.39 is 11.8 Å². The molecule has 0 saturated heterocycles. The molecule has 0 fully saturated rings. The number of aliphatic carboxylic acids is 1. The summed E-state index contributed by atoms with van der Waals surface area (Å²) >= 11 is 5.61. The summed E-state index contributed by atoms with van der Waals surface area (Å²) in [5.74, 6) is -1.02. The van der Waals surface area contributed by atoms with Crippen LogP contribution in [-0.4, -0.2) is 11.1 Å². The minimum Gasteiger partial charge on any atom is -0.488 e. The second-order valence-electron chi connectivity index (χ2n) is 4.25. The molecule has 0 amide bonds. The third-order valence-corrected chi connectivity index (χ3v) is 3.01. The third kappa shape index (κ3) is 4.33. The summed E-state index contributed by atoms with van der Waals surface area (Å²) in [6.07, 6.45) is 2.48. The van der Waals surface area contributed by atoms with Crippen molar-refractivity contribution in [2.24, 2.45) is 0 Å². The average Bonchev–Trinajstić information content (AvgIpc) is 2.47. The van der Waals surface area contributed by atoms with E-state index in [1.807, 2.05) is 0 Å². The van der Waals surface area contributed by atoms with Crippen LogP contribution in [0.15, 0.2) is 48.5 Å². The number of ether oxygens (including phenoxy) is 1. The highest BCUT2D eigenvalue weighted by atomic mass is 35.5. The van der Waals surface area contributed by atoms with Crippen molar-refractivity contribution in [3.8, 4) is 5.75 Å². The Balaban J connectivity index is 2.12. The molecule has 108 valence electrons. The van der Waals surface area contributed by atoms with Crippen molar-refractivity contribution >= 4 is 23.6 Å². The summed E-state index contributed by atoms with van der Waals surface area (Å²) in [6.45, 7) is 0.159. The second kappa shape index (κ2) is 6.90. The maximum absolute atomic E-state index is 13.3. The zero-order valence-corrected chi connectivity index (χ0v) is 11.7. The van der Waals surface area contributed by atoms with Crippen LogP contribution < -0.4 is 4.74 Å². The van der Waals surface area contributed by atoms with E-state index in [1.54, 1.807) is 30.3 Å². The summed E-state index contributed by atoms with van der Waals surface area (Å²) in [5, 5.41) is 8.71. The number of carboxylic acid groups (broad SMARTS) is 1. The second-order valence-corrected chi connectivity index (χ2v) is 4.65. The summed E-state index contributed by atoms with van der Waals surface area (Å²) in [7, 11) is 0. The van der Waals surface area contributed by atoms with Gasteiger partial charge in [0.05, 0.1) is 5.02 Å². The lowest BCUT2D eigenvalue weighted by Crippen LogP contribution is -1.98. The maximum atomic E-state index is 13.3. The van der Waals surface area contributed by atoms with Gasteiger partial charge in [-0.05, 0) is 29.8 Å². The molecule has 2 rings (SSSR count). The lowest BCUT2D eigenvalue weighted by Gasteiger charge is -2.09. The molecule has 21 heavy (non-hydrogen) atoms. The van der Waals surface area contributed by atoms with Crippen molar-refractivity contribution in [3.05, 3.63) is 70.5 Å². The Bertz CT molecular complexity index is 683. The first-order chi connectivity index (χ1) is 10.1. The van der Waals surface area contributed by atoms with Crippen molar-refractivity contribution in [2.75, 3.05) is 0 Å². The molecule has 0 atom stereocenters. The van der Waals surface area contributed by atoms with Gasteiger partial charge in [0.25, 0.3) is 0 Å². The van der Waals surface area contributed by atoms with Crippen LogP contribution in [0.2, 0.25) is 5.02 Å². The molecule has 0 spiro atoms. The molecule has 3 nitrogen and oxygen atoms in total. The molecule has 0 aromatic heterocycles. The fraction of sp³-hybridized carbons (Fsp3) is 0.0625. The van der Waals surface area contributed by atoms with Gasteiger partial charge in [0, 0.05) is 11.6 Å². The molecular formula is C16H12ClFO3. The molecule has 0 aliphatic rings. The number of rotatable bonds is 5. The van der Waals surface area contributed by atoms with E-state index in [0.717, 1.165) is 6.08 Å². The van der Waals surface area contributed by atoms with E-state index in [9.17, 15) is 9.18 Å². The van der Waals surface area contributed by atoms with Crippen LogP contribution in [0.5, 0.6) is 5.75 Å². The van der Waals surface area contributed by atoms with Crippen molar-refractivity contribution in [1.29, 1.82) is 0 Å². The number of hydrogen-bond acceptors (Lipinski definition) is 2. The molecule has 0 saturated carbocycles. The number of carbonyl (C=O) groups is 1. The lowest BCUT2D eigenvalue weighted by molar-refractivity contribution is -0.131. The molecule has 5 heteroatoms. The van der Waals surface area contributed by atoms with Crippen LogP contribution in [0.4, 0.5) is 4.39 Å². The third-order valence-electron chi connectivity index (χ3n) is 2.70. The maximum Gasteiger partial charge on any atom is 0.328 e. The minimum absolute atomic E-state index is 0.0588. The number of halogens is 2. The fourth-order valence-electron chi connectivity index (χ4n) is 1.70. The average molecular weight is 307 g/mol. The predicted molar refractivity (Wildman–Crippen MR) is 78.9 cm³/mol. The van der Waals surface area contributed by atoms with E-state index >= 15 is 0 Å². The van der Waals surface area contributed by atoms with Gasteiger partial charge in [-0.3, -0.25) is 0 Å². The highest BCUT2D eigenvalue weighted by molar-refractivity contribution is 6.30. The standard InChI is InChI=1S/C16H12ClFO3/c17-13-7-5-11(9-14(13)18)10-21-15-4-2-1-3-12(15)6-8-16(19)20/h1-9H,10H2,(H,19,20)/b8-6+. The highest BCUT2D eigenvalue weighted by Gasteiger charge is 2.04. The Hall–Kier alpha value is -2.33. The first-order valence-corrected chi connectivity index (χ1v) is 6.51. The van der Waals surface area contributed by atoms with Crippen LogP contribution in [0.25, 0.3) is 6.08 Å². The first-order valence-electron chi connectivity index (χ1n) is 6.13. The summed E-state index contributed by atoms with van der Waals surface area (Å²) < 4.78 is 18.9. The van der Waals surface area contributed by atoms with Gasteiger partial charge in [-0.2, -0.15) is 0 Å². The predicted octanol–water partition coefficient (Wildman–Crippen LogP) is 4.16. The van der Waals surface area contributed by atoms with Gasteiger partial charge < -0.3 is 9.84 Å². The van der Waals surface area contributed by atoms with E-state index in [0.29, 0.717) is 16.9 Å².